The normalized spacial score (nSPS) is 20.5. The van der Waals surface area contributed by atoms with E-state index < -0.39 is 31.2 Å². The number of primary sulfonamides is 1. The fourth-order valence-electron chi connectivity index (χ4n) is 3.75. The second-order valence-corrected chi connectivity index (χ2v) is 8.96. The van der Waals surface area contributed by atoms with Crippen LogP contribution < -0.4 is 10.5 Å². The molecule has 1 aromatic heterocycles. The number of anilines is 1. The van der Waals surface area contributed by atoms with Gasteiger partial charge in [0.25, 0.3) is 5.69 Å². The molecular weight excluding hydrogens is 407 g/mol. The first kappa shape index (κ1) is 19.9. The number of ether oxygens (including phenoxy) is 1. The predicted molar refractivity (Wildman–Crippen MR) is 102 cm³/mol. The number of halogens is 1. The zero-order valence-electron chi connectivity index (χ0n) is 15.4. The van der Waals surface area contributed by atoms with Crippen molar-refractivity contribution in [2.45, 2.75) is 29.4 Å². The van der Waals surface area contributed by atoms with Crippen molar-refractivity contribution >= 4 is 32.4 Å². The fourth-order valence-corrected chi connectivity index (χ4v) is 4.45. The van der Waals surface area contributed by atoms with Crippen molar-refractivity contribution in [3.8, 4) is 0 Å². The van der Waals surface area contributed by atoms with Gasteiger partial charge in [-0.15, -0.1) is 0 Å². The number of H-pyrrole nitrogens is 1. The molecule has 4 rings (SSSR count). The van der Waals surface area contributed by atoms with Crippen molar-refractivity contribution in [1.29, 1.82) is 0 Å². The Hall–Kier alpha value is -2.35. The van der Waals surface area contributed by atoms with E-state index in [4.69, 9.17) is 9.88 Å². The Labute approximate surface area is 165 Å². The molecule has 3 heterocycles. The number of rotatable bonds is 6. The van der Waals surface area contributed by atoms with Gasteiger partial charge in [-0.3, -0.25) is 15.0 Å². The second kappa shape index (κ2) is 7.16. The molecule has 0 bridgehead atoms. The zero-order valence-corrected chi connectivity index (χ0v) is 16.2. The van der Waals surface area contributed by atoms with Crippen molar-refractivity contribution in [3.05, 3.63) is 22.5 Å². The number of likely N-dealkylation sites (tertiary alicyclic amines) is 1. The lowest BCUT2D eigenvalue weighted by molar-refractivity contribution is -0.384. The Kier molecular flexibility index (Phi) is 4.93. The minimum Gasteiger partial charge on any atom is -0.378 e. The summed E-state index contributed by atoms with van der Waals surface area (Å²) < 4.78 is 44.1. The lowest BCUT2D eigenvalue weighted by Crippen LogP contribution is -2.55. The van der Waals surface area contributed by atoms with Gasteiger partial charge in [0.15, 0.2) is 0 Å². The predicted octanol–water partition coefficient (Wildman–Crippen LogP) is 0.733. The van der Waals surface area contributed by atoms with Crippen molar-refractivity contribution in [2.24, 2.45) is 5.14 Å². The van der Waals surface area contributed by atoms with Crippen LogP contribution in [0.25, 0.3) is 11.0 Å². The number of aromatic amines is 1. The van der Waals surface area contributed by atoms with E-state index in [0.29, 0.717) is 32.3 Å². The van der Waals surface area contributed by atoms with E-state index in [0.717, 1.165) is 6.07 Å². The maximum absolute atomic E-state index is 15.3. The first-order valence-corrected chi connectivity index (χ1v) is 10.6. The molecule has 0 saturated carbocycles. The molecule has 0 spiro atoms. The van der Waals surface area contributed by atoms with Crippen LogP contribution in [-0.4, -0.2) is 72.8 Å². The van der Waals surface area contributed by atoms with Crippen molar-refractivity contribution < 1.29 is 22.5 Å². The molecule has 0 atom stereocenters. The number of sulfonamides is 1. The number of nitro groups is 1. The summed E-state index contributed by atoms with van der Waals surface area (Å²) in [4.78, 5) is 19.1. The van der Waals surface area contributed by atoms with E-state index in [9.17, 15) is 18.5 Å². The molecule has 1 aromatic carbocycles. The SMILES string of the molecule is NS(=O)(=O)c1cc([N+](=O)[O-])c(NCC2(F)CCN(C3COC3)CC2)c2[nH]cnc12. The van der Waals surface area contributed by atoms with E-state index in [-0.39, 0.29) is 36.1 Å². The highest BCUT2D eigenvalue weighted by atomic mass is 32.2. The first-order chi connectivity index (χ1) is 13.7. The summed E-state index contributed by atoms with van der Waals surface area (Å²) >= 11 is 0. The number of hydrogen-bond donors (Lipinski definition) is 3. The standard InChI is InChI=1S/C16H21FN6O5S/c17-16(1-3-22(4-2-16)10-6-28-7-10)8-19-13-11(23(24)25)5-12(29(18,26)27)14-15(13)21-9-20-14/h5,9-10,19H,1-4,6-8H2,(H,20,21)(H2,18,26,27). The maximum Gasteiger partial charge on any atom is 0.296 e. The molecule has 0 unspecified atom stereocenters. The number of nitrogens with two attached hydrogens (primary N) is 1. The molecule has 2 saturated heterocycles. The number of fused-ring (bicyclic) bond motifs is 1. The van der Waals surface area contributed by atoms with Gasteiger partial charge in [0, 0.05) is 25.7 Å². The Bertz CT molecular complexity index is 1050. The van der Waals surface area contributed by atoms with E-state index in [2.05, 4.69) is 20.2 Å². The number of nitrogens with one attached hydrogen (secondary N) is 2. The monoisotopic (exact) mass is 428 g/mol. The van der Waals surface area contributed by atoms with Crippen molar-refractivity contribution in [2.75, 3.05) is 38.2 Å². The third kappa shape index (κ3) is 3.77. The summed E-state index contributed by atoms with van der Waals surface area (Å²) in [6.07, 6.45) is 1.77. The zero-order chi connectivity index (χ0) is 20.8. The molecule has 158 valence electrons. The molecule has 4 N–H and O–H groups in total. The molecular formula is C16H21FN6O5S. The lowest BCUT2D eigenvalue weighted by Gasteiger charge is -2.43. The van der Waals surface area contributed by atoms with E-state index in [1.807, 2.05) is 0 Å². The van der Waals surface area contributed by atoms with Gasteiger partial charge in [0.2, 0.25) is 10.0 Å². The number of nitrogens with zero attached hydrogens (tertiary/aromatic N) is 3. The molecule has 0 amide bonds. The Morgan fingerprint density at radius 2 is 2.14 bits per heavy atom. The molecule has 2 aliphatic heterocycles. The van der Waals surface area contributed by atoms with Crippen LogP contribution in [0.1, 0.15) is 12.8 Å². The van der Waals surface area contributed by atoms with Crippen LogP contribution in [0.2, 0.25) is 0 Å². The Morgan fingerprint density at radius 1 is 1.45 bits per heavy atom. The van der Waals surface area contributed by atoms with Gasteiger partial charge in [-0.05, 0) is 12.8 Å². The third-order valence-electron chi connectivity index (χ3n) is 5.56. The molecule has 0 aliphatic carbocycles. The van der Waals surface area contributed by atoms with Gasteiger partial charge in [-0.25, -0.2) is 22.9 Å². The number of alkyl halides is 1. The summed E-state index contributed by atoms with van der Waals surface area (Å²) in [6.45, 7) is 2.35. The first-order valence-electron chi connectivity index (χ1n) is 9.10. The van der Waals surface area contributed by atoms with Gasteiger partial charge < -0.3 is 15.0 Å². The average Bonchev–Trinajstić information content (AvgIpc) is 3.08. The topological polar surface area (TPSA) is 156 Å². The summed E-state index contributed by atoms with van der Waals surface area (Å²) in [7, 11) is -4.24. The highest BCUT2D eigenvalue weighted by Crippen LogP contribution is 2.37. The van der Waals surface area contributed by atoms with Crippen molar-refractivity contribution in [1.82, 2.24) is 14.9 Å². The van der Waals surface area contributed by atoms with Gasteiger partial charge in [-0.2, -0.15) is 0 Å². The second-order valence-electron chi connectivity index (χ2n) is 7.43. The van der Waals surface area contributed by atoms with E-state index >= 15 is 4.39 Å². The van der Waals surface area contributed by atoms with Crippen LogP contribution in [0, 0.1) is 10.1 Å². The Morgan fingerprint density at radius 3 is 2.69 bits per heavy atom. The van der Waals surface area contributed by atoms with E-state index in [1.54, 1.807) is 0 Å². The molecule has 0 radical (unpaired) electrons. The number of imidazole rings is 1. The van der Waals surface area contributed by atoms with Crippen LogP contribution in [0.5, 0.6) is 0 Å². The molecule has 13 heteroatoms. The van der Waals surface area contributed by atoms with Gasteiger partial charge in [-0.1, -0.05) is 0 Å². The number of hydrogen-bond acceptors (Lipinski definition) is 8. The molecule has 2 fully saturated rings. The van der Waals surface area contributed by atoms with Crippen LogP contribution >= 0.6 is 0 Å². The average molecular weight is 428 g/mol. The van der Waals surface area contributed by atoms with Crippen LogP contribution in [-0.2, 0) is 14.8 Å². The lowest BCUT2D eigenvalue weighted by atomic mass is 9.92. The minimum absolute atomic E-state index is 0.0123. The number of aromatic nitrogens is 2. The summed E-state index contributed by atoms with van der Waals surface area (Å²) in [5, 5.41) is 19.5. The number of nitro benzene ring substituents is 1. The van der Waals surface area contributed by atoms with Gasteiger partial charge >= 0.3 is 0 Å². The van der Waals surface area contributed by atoms with Gasteiger partial charge in [0.05, 0.1) is 36.0 Å². The summed E-state index contributed by atoms with van der Waals surface area (Å²) in [5.74, 6) is 0. The molecule has 29 heavy (non-hydrogen) atoms. The minimum atomic E-state index is -4.24. The maximum atomic E-state index is 15.3. The molecule has 11 nitrogen and oxygen atoms in total. The van der Waals surface area contributed by atoms with Crippen LogP contribution in [0.3, 0.4) is 0 Å². The summed E-state index contributed by atoms with van der Waals surface area (Å²) in [6, 6.07) is 1.19. The van der Waals surface area contributed by atoms with E-state index in [1.165, 1.54) is 6.33 Å². The highest BCUT2D eigenvalue weighted by Gasteiger charge is 2.39. The third-order valence-corrected chi connectivity index (χ3v) is 6.49. The smallest absolute Gasteiger partial charge is 0.296 e. The largest absolute Gasteiger partial charge is 0.378 e. The quantitative estimate of drug-likeness (QED) is 0.449. The molecule has 2 aromatic rings. The Balaban J connectivity index is 1.59. The molecule has 2 aliphatic rings. The van der Waals surface area contributed by atoms with Crippen molar-refractivity contribution in [3.63, 3.8) is 0 Å². The number of benzene rings is 1. The highest BCUT2D eigenvalue weighted by molar-refractivity contribution is 7.89. The van der Waals surface area contributed by atoms with Gasteiger partial charge in [0.1, 0.15) is 21.8 Å². The van der Waals surface area contributed by atoms with Crippen LogP contribution in [0.15, 0.2) is 17.3 Å². The fraction of sp³-hybridized carbons (Fsp3) is 0.562. The number of piperidine rings is 1. The summed E-state index contributed by atoms with van der Waals surface area (Å²) in [5.41, 5.74) is -2.01. The van der Waals surface area contributed by atoms with Crippen LogP contribution in [0.4, 0.5) is 15.8 Å².